The summed E-state index contributed by atoms with van der Waals surface area (Å²) in [4.78, 5) is 0. The van der Waals surface area contributed by atoms with Gasteiger partial charge in [-0.3, -0.25) is 0 Å². The molecule has 0 atom stereocenters. The lowest BCUT2D eigenvalue weighted by molar-refractivity contribution is 0.626. The van der Waals surface area contributed by atoms with Crippen molar-refractivity contribution < 1.29 is 4.39 Å². The van der Waals surface area contributed by atoms with E-state index in [9.17, 15) is 4.39 Å². The van der Waals surface area contributed by atoms with Gasteiger partial charge in [0.05, 0.1) is 0 Å². The van der Waals surface area contributed by atoms with Crippen LogP contribution >= 0.6 is 15.9 Å². The van der Waals surface area contributed by atoms with Crippen LogP contribution < -0.4 is 5.32 Å². The highest BCUT2D eigenvalue weighted by molar-refractivity contribution is 9.10. The molecule has 0 aliphatic carbocycles. The summed E-state index contributed by atoms with van der Waals surface area (Å²) in [5, 5.41) is 3.26. The summed E-state index contributed by atoms with van der Waals surface area (Å²) in [5.41, 5.74) is 1.11. The first kappa shape index (κ1) is 13.4. The third-order valence-corrected chi connectivity index (χ3v) is 3.00. The molecule has 1 aromatic rings. The van der Waals surface area contributed by atoms with Crippen LogP contribution in [0.15, 0.2) is 34.8 Å². The standard InChI is InChI=1S/C13H17BrFN/c1-2-16-9-5-3-4-6-11-7-8-12(15)10-13(11)14/h3-4,7-8,10,16H,2,5-6,9H2,1H3. The van der Waals surface area contributed by atoms with Crippen molar-refractivity contribution in [1.82, 2.24) is 5.32 Å². The fourth-order valence-electron chi connectivity index (χ4n) is 1.38. The number of hydrogen-bond acceptors (Lipinski definition) is 1. The van der Waals surface area contributed by atoms with Gasteiger partial charge < -0.3 is 5.32 Å². The number of nitrogens with one attached hydrogen (secondary N) is 1. The third-order valence-electron chi connectivity index (χ3n) is 2.26. The van der Waals surface area contributed by atoms with E-state index in [2.05, 4.69) is 40.3 Å². The van der Waals surface area contributed by atoms with Gasteiger partial charge in [-0.2, -0.15) is 0 Å². The molecule has 16 heavy (non-hydrogen) atoms. The Bertz CT molecular complexity index is 350. The summed E-state index contributed by atoms with van der Waals surface area (Å²) in [7, 11) is 0. The maximum atomic E-state index is 12.8. The molecule has 0 radical (unpaired) electrons. The van der Waals surface area contributed by atoms with Crippen LogP contribution in [0.4, 0.5) is 4.39 Å². The number of allylic oxidation sites excluding steroid dienone is 1. The highest BCUT2D eigenvalue weighted by Gasteiger charge is 1.98. The highest BCUT2D eigenvalue weighted by atomic mass is 79.9. The molecule has 1 aromatic carbocycles. The molecule has 88 valence electrons. The first-order valence-corrected chi connectivity index (χ1v) is 6.33. The van der Waals surface area contributed by atoms with Crippen LogP contribution in [0.2, 0.25) is 0 Å². The van der Waals surface area contributed by atoms with Crippen LogP contribution in [-0.4, -0.2) is 13.1 Å². The Kier molecular flexibility index (Phi) is 6.34. The molecule has 0 saturated heterocycles. The highest BCUT2D eigenvalue weighted by Crippen LogP contribution is 2.18. The smallest absolute Gasteiger partial charge is 0.124 e. The van der Waals surface area contributed by atoms with Crippen molar-refractivity contribution in [3.63, 3.8) is 0 Å². The second-order valence-corrected chi connectivity index (χ2v) is 4.41. The van der Waals surface area contributed by atoms with Gasteiger partial charge in [0, 0.05) is 4.47 Å². The lowest BCUT2D eigenvalue weighted by Crippen LogP contribution is -2.12. The Morgan fingerprint density at radius 2 is 2.19 bits per heavy atom. The molecule has 0 amide bonds. The molecule has 1 rings (SSSR count). The normalized spacial score (nSPS) is 11.2. The van der Waals surface area contributed by atoms with Crippen molar-refractivity contribution in [3.8, 4) is 0 Å². The number of hydrogen-bond donors (Lipinski definition) is 1. The lowest BCUT2D eigenvalue weighted by atomic mass is 10.1. The molecular formula is C13H17BrFN. The van der Waals surface area contributed by atoms with E-state index in [-0.39, 0.29) is 5.82 Å². The third kappa shape index (κ3) is 4.90. The van der Waals surface area contributed by atoms with Gasteiger partial charge in [-0.1, -0.05) is 41.1 Å². The van der Waals surface area contributed by atoms with Crippen LogP contribution in [0, 0.1) is 5.82 Å². The summed E-state index contributed by atoms with van der Waals surface area (Å²) < 4.78 is 13.7. The monoisotopic (exact) mass is 285 g/mol. The van der Waals surface area contributed by atoms with E-state index in [1.54, 1.807) is 0 Å². The predicted molar refractivity (Wildman–Crippen MR) is 70.1 cm³/mol. The fraction of sp³-hybridized carbons (Fsp3) is 0.385. The van der Waals surface area contributed by atoms with E-state index >= 15 is 0 Å². The zero-order chi connectivity index (χ0) is 11.8. The van der Waals surface area contributed by atoms with E-state index in [1.165, 1.54) is 12.1 Å². The van der Waals surface area contributed by atoms with Crippen molar-refractivity contribution in [3.05, 3.63) is 46.2 Å². The zero-order valence-corrected chi connectivity index (χ0v) is 11.1. The largest absolute Gasteiger partial charge is 0.317 e. The topological polar surface area (TPSA) is 12.0 Å². The SMILES string of the molecule is CCNCCC=CCc1ccc(F)cc1Br. The van der Waals surface area contributed by atoms with Crippen LogP contribution in [0.5, 0.6) is 0 Å². The summed E-state index contributed by atoms with van der Waals surface area (Å²) in [6.45, 7) is 4.12. The Labute approximate surface area is 105 Å². The van der Waals surface area contributed by atoms with Gasteiger partial charge in [0.1, 0.15) is 5.82 Å². The Balaban J connectivity index is 2.36. The quantitative estimate of drug-likeness (QED) is 0.621. The van der Waals surface area contributed by atoms with Gasteiger partial charge in [-0.25, -0.2) is 4.39 Å². The minimum Gasteiger partial charge on any atom is -0.317 e. The number of benzene rings is 1. The zero-order valence-electron chi connectivity index (χ0n) is 9.47. The first-order valence-electron chi connectivity index (χ1n) is 5.53. The van der Waals surface area contributed by atoms with E-state index in [0.29, 0.717) is 0 Å². The molecular weight excluding hydrogens is 269 g/mol. The second-order valence-electron chi connectivity index (χ2n) is 3.55. The van der Waals surface area contributed by atoms with Crippen LogP contribution in [0.25, 0.3) is 0 Å². The van der Waals surface area contributed by atoms with E-state index in [4.69, 9.17) is 0 Å². The average Bonchev–Trinajstić information content (AvgIpc) is 2.26. The Morgan fingerprint density at radius 1 is 1.38 bits per heavy atom. The van der Waals surface area contributed by atoms with Crippen LogP contribution in [0.1, 0.15) is 18.9 Å². The molecule has 0 heterocycles. The van der Waals surface area contributed by atoms with Gasteiger partial charge >= 0.3 is 0 Å². The maximum Gasteiger partial charge on any atom is 0.124 e. The van der Waals surface area contributed by atoms with Gasteiger partial charge in [0.25, 0.3) is 0 Å². The number of rotatable bonds is 6. The summed E-state index contributed by atoms with van der Waals surface area (Å²) >= 11 is 3.35. The number of halogens is 2. The van der Waals surface area contributed by atoms with Crippen molar-refractivity contribution in [2.45, 2.75) is 19.8 Å². The molecule has 3 heteroatoms. The molecule has 0 aliphatic heterocycles. The van der Waals surface area contributed by atoms with Crippen molar-refractivity contribution in [2.24, 2.45) is 0 Å². The fourth-order valence-corrected chi connectivity index (χ4v) is 1.89. The second kappa shape index (κ2) is 7.58. The van der Waals surface area contributed by atoms with Crippen molar-refractivity contribution >= 4 is 15.9 Å². The van der Waals surface area contributed by atoms with Crippen molar-refractivity contribution in [1.29, 1.82) is 0 Å². The molecule has 0 bridgehead atoms. The lowest BCUT2D eigenvalue weighted by Gasteiger charge is -2.01. The minimum absolute atomic E-state index is 0.202. The molecule has 1 N–H and O–H groups in total. The molecule has 0 saturated carbocycles. The first-order chi connectivity index (χ1) is 7.74. The van der Waals surface area contributed by atoms with Gasteiger partial charge in [-0.05, 0) is 43.6 Å². The van der Waals surface area contributed by atoms with E-state index in [0.717, 1.165) is 36.0 Å². The van der Waals surface area contributed by atoms with Crippen LogP contribution in [-0.2, 0) is 6.42 Å². The average molecular weight is 286 g/mol. The molecule has 0 aromatic heterocycles. The summed E-state index contributed by atoms with van der Waals surface area (Å²) in [6, 6.07) is 4.81. The van der Waals surface area contributed by atoms with Gasteiger partial charge in [0.2, 0.25) is 0 Å². The molecule has 0 aliphatic rings. The summed E-state index contributed by atoms with van der Waals surface area (Å²) in [5.74, 6) is -0.202. The van der Waals surface area contributed by atoms with E-state index in [1.807, 2.05) is 6.07 Å². The van der Waals surface area contributed by atoms with Gasteiger partial charge in [-0.15, -0.1) is 0 Å². The molecule has 0 unspecified atom stereocenters. The molecule has 0 spiro atoms. The van der Waals surface area contributed by atoms with Crippen LogP contribution in [0.3, 0.4) is 0 Å². The maximum absolute atomic E-state index is 12.8. The molecule has 1 nitrogen and oxygen atoms in total. The van der Waals surface area contributed by atoms with Gasteiger partial charge in [0.15, 0.2) is 0 Å². The van der Waals surface area contributed by atoms with E-state index < -0.39 is 0 Å². The van der Waals surface area contributed by atoms with Crippen molar-refractivity contribution in [2.75, 3.05) is 13.1 Å². The Morgan fingerprint density at radius 3 is 2.88 bits per heavy atom. The minimum atomic E-state index is -0.202. The summed E-state index contributed by atoms with van der Waals surface area (Å²) in [6.07, 6.45) is 6.15. The Hall–Kier alpha value is -0.670. The predicted octanol–water partition coefficient (Wildman–Crippen LogP) is 3.69. The molecule has 0 fully saturated rings.